The van der Waals surface area contributed by atoms with Crippen LogP contribution in [0.2, 0.25) is 0 Å². The number of hydrogen-bond acceptors (Lipinski definition) is 21. The smallest absolute Gasteiger partial charge is 0.416 e. The lowest BCUT2D eigenvalue weighted by Crippen LogP contribution is -2.50. The number of Topliss-reactive ketones (excluding diaryl/α,β-unsaturated/α-hetero) is 4. The number of nitrogens with one attached hydrogen (secondary N) is 2. The summed E-state index contributed by atoms with van der Waals surface area (Å²) in [4.78, 5) is 192. The predicted octanol–water partition coefficient (Wildman–Crippen LogP) is 10.5. The van der Waals surface area contributed by atoms with Crippen LogP contribution in [0.25, 0.3) is 0 Å². The fraction of sp³-hybridized carbons (Fsp3) is 0.483. The third-order valence-corrected chi connectivity index (χ3v) is 22.3. The predicted molar refractivity (Wildman–Crippen MR) is 433 cm³/mol. The summed E-state index contributed by atoms with van der Waals surface area (Å²) in [6, 6.07) is 16.2. The van der Waals surface area contributed by atoms with Crippen molar-refractivity contribution in [2.45, 2.75) is 221 Å². The van der Waals surface area contributed by atoms with Crippen molar-refractivity contribution in [3.05, 3.63) is 160 Å². The molecule has 10 amide bonds. The van der Waals surface area contributed by atoms with Crippen molar-refractivity contribution in [3.8, 4) is 17.2 Å². The highest BCUT2D eigenvalue weighted by Gasteiger charge is 2.47. The number of aryl methyl sites for hydroxylation is 1. The summed E-state index contributed by atoms with van der Waals surface area (Å²) in [5.41, 5.74) is 4.83. The van der Waals surface area contributed by atoms with E-state index in [1.54, 1.807) is 93.8 Å². The van der Waals surface area contributed by atoms with Crippen LogP contribution in [0, 0.1) is 30.6 Å². The Balaban J connectivity index is 0.698. The molecule has 0 radical (unpaired) electrons. The minimum absolute atomic E-state index is 0.00245. The second-order valence-electron chi connectivity index (χ2n) is 32.0. The highest BCUT2D eigenvalue weighted by Crippen LogP contribution is 2.44. The maximum atomic E-state index is 14.4. The van der Waals surface area contributed by atoms with Crippen molar-refractivity contribution < 1.29 is 101 Å². The molecule has 118 heavy (non-hydrogen) atoms. The van der Waals surface area contributed by atoms with Crippen molar-refractivity contribution in [2.24, 2.45) is 23.7 Å². The standard InChI is InChI=1S/C89H108N8O21/c1-52(2)65(43-63(98)20-14-11-16-34-92-78(102)30-31-79(92)103)82(106)90-57(8)73(100)41-59-22-26-61(27-23-59)50-117-88(112)96-69-46-75(56(7)40-67(69)84(108)94-48-54(5)38-71(94)86(96)110)115-36-18-13-19-37-116-77-47-70-68(45-76(77)114-10)85(109)95-49-55(6)39-72(95)87(111)97(70)89(113)118-51-62-28-24-60(25-29-62)42-74(101)58(9)91-83(107)66(53(3)4)44-64(99)21-15-12-17-35-93-80(104)32-33-81(93)105/h22-33,40,45-49,52-53,57-58,65-66,71-72,86-87,110-111H,11-21,34-39,41-44,50-51H2,1-10H3,(H,90,106)(H,91,107)/t57-,58-,65-,66-,71-,72-,86-,87-/m0/s1. The van der Waals surface area contributed by atoms with Gasteiger partial charge in [0.25, 0.3) is 35.4 Å². The van der Waals surface area contributed by atoms with E-state index in [0.29, 0.717) is 91.4 Å². The van der Waals surface area contributed by atoms with Crippen LogP contribution in [0.1, 0.15) is 200 Å². The van der Waals surface area contributed by atoms with Gasteiger partial charge in [0.1, 0.15) is 30.5 Å². The molecule has 0 saturated heterocycles. The molecule has 0 fully saturated rings. The number of ketones is 4. The van der Waals surface area contributed by atoms with Crippen molar-refractivity contribution in [3.63, 3.8) is 0 Å². The number of carbonyl (C=O) groups excluding carboxylic acids is 14. The Kier molecular flexibility index (Phi) is 30.6. The highest BCUT2D eigenvalue weighted by atomic mass is 16.6. The van der Waals surface area contributed by atoms with Crippen molar-refractivity contribution in [1.82, 2.24) is 30.2 Å². The summed E-state index contributed by atoms with van der Waals surface area (Å²) in [5.74, 6) is -4.87. The molecule has 0 unspecified atom stereocenters. The molecule has 10 rings (SSSR count). The summed E-state index contributed by atoms with van der Waals surface area (Å²) in [6.45, 7) is 16.3. The fourth-order valence-corrected chi connectivity index (χ4v) is 15.2. The lowest BCUT2D eigenvalue weighted by molar-refractivity contribution is -0.138. The van der Waals surface area contributed by atoms with Gasteiger partial charge in [-0.2, -0.15) is 0 Å². The Labute approximate surface area is 687 Å². The van der Waals surface area contributed by atoms with Crippen LogP contribution in [0.4, 0.5) is 21.0 Å². The van der Waals surface area contributed by atoms with Crippen LogP contribution in [-0.2, 0) is 83.5 Å². The molecule has 6 heterocycles. The van der Waals surface area contributed by atoms with Gasteiger partial charge in [0.05, 0.1) is 67.0 Å². The topological polar surface area (TPSA) is 369 Å². The Morgan fingerprint density at radius 3 is 1.24 bits per heavy atom. The number of carbonyl (C=O) groups is 14. The molecule has 4 N–H and O–H groups in total. The van der Waals surface area contributed by atoms with Crippen LogP contribution >= 0.6 is 0 Å². The Morgan fingerprint density at radius 2 is 0.839 bits per heavy atom. The minimum atomic E-state index is -1.57. The number of rotatable bonds is 41. The number of methoxy groups -OCH3 is 1. The van der Waals surface area contributed by atoms with E-state index in [4.69, 9.17) is 23.7 Å². The van der Waals surface area contributed by atoms with E-state index < -0.39 is 84.3 Å². The van der Waals surface area contributed by atoms with E-state index >= 15 is 0 Å². The molecule has 8 atom stereocenters. The number of ether oxygens (including phenoxy) is 5. The fourth-order valence-electron chi connectivity index (χ4n) is 15.2. The number of amides is 10. The highest BCUT2D eigenvalue weighted by molar-refractivity contribution is 6.14. The number of fused-ring (bicyclic) bond motifs is 4. The van der Waals surface area contributed by atoms with Crippen LogP contribution in [0.5, 0.6) is 17.2 Å². The monoisotopic (exact) mass is 1620 g/mol. The normalized spacial score (nSPS) is 18.5. The quantitative estimate of drug-likeness (QED) is 0.0237. The summed E-state index contributed by atoms with van der Waals surface area (Å²) in [7, 11) is 1.41. The van der Waals surface area contributed by atoms with Gasteiger partial charge in [-0.1, -0.05) is 100 Å². The number of unbranched alkanes of at least 4 members (excludes halogenated alkanes) is 6. The van der Waals surface area contributed by atoms with E-state index in [0.717, 1.165) is 30.7 Å². The first kappa shape index (κ1) is 88.9. The van der Waals surface area contributed by atoms with Crippen molar-refractivity contribution >= 4 is 94.0 Å². The van der Waals surface area contributed by atoms with E-state index in [1.807, 2.05) is 41.5 Å². The third kappa shape index (κ3) is 22.2. The van der Waals surface area contributed by atoms with Gasteiger partial charge >= 0.3 is 12.2 Å². The van der Waals surface area contributed by atoms with Gasteiger partial charge in [0.15, 0.2) is 35.5 Å². The molecule has 0 spiro atoms. The molecule has 4 aromatic rings. The maximum Gasteiger partial charge on any atom is 0.416 e. The molecule has 6 aliphatic heterocycles. The molecule has 29 heteroatoms. The number of hydrogen-bond donors (Lipinski definition) is 4. The first-order valence-electron chi connectivity index (χ1n) is 40.6. The largest absolute Gasteiger partial charge is 0.493 e. The van der Waals surface area contributed by atoms with Crippen LogP contribution in [0.3, 0.4) is 0 Å². The van der Waals surface area contributed by atoms with Crippen LogP contribution in [0.15, 0.2) is 121 Å². The van der Waals surface area contributed by atoms with Gasteiger partial charge in [0.2, 0.25) is 11.8 Å². The van der Waals surface area contributed by atoms with Gasteiger partial charge in [-0.3, -0.25) is 67.3 Å². The van der Waals surface area contributed by atoms with E-state index in [2.05, 4.69) is 10.6 Å². The zero-order chi connectivity index (χ0) is 85.3. The lowest BCUT2D eigenvalue weighted by Gasteiger charge is -2.31. The minimum Gasteiger partial charge on any atom is -0.493 e. The van der Waals surface area contributed by atoms with Gasteiger partial charge < -0.3 is 54.3 Å². The van der Waals surface area contributed by atoms with E-state index in [9.17, 15) is 77.3 Å². The number of imide groups is 2. The average Bonchev–Trinajstić information content (AvgIpc) is 1.60. The number of benzene rings is 4. The Morgan fingerprint density at radius 1 is 0.466 bits per heavy atom. The molecule has 4 aromatic carbocycles. The zero-order valence-corrected chi connectivity index (χ0v) is 68.8. The van der Waals surface area contributed by atoms with Gasteiger partial charge in [-0.05, 0) is 144 Å². The van der Waals surface area contributed by atoms with E-state index in [1.165, 1.54) is 53.3 Å². The summed E-state index contributed by atoms with van der Waals surface area (Å²) >= 11 is 0. The second-order valence-corrected chi connectivity index (χ2v) is 32.0. The number of nitrogens with zero attached hydrogens (tertiary/aromatic N) is 6. The summed E-state index contributed by atoms with van der Waals surface area (Å²) in [5, 5.41) is 29.7. The number of anilines is 2. The molecule has 630 valence electrons. The molecule has 29 nitrogen and oxygen atoms in total. The molecule has 0 bridgehead atoms. The Bertz CT molecular complexity index is 4580. The van der Waals surface area contributed by atoms with Crippen molar-refractivity contribution in [2.75, 3.05) is 43.2 Å². The zero-order valence-electron chi connectivity index (χ0n) is 68.8. The van der Waals surface area contributed by atoms with Crippen LogP contribution < -0.4 is 34.6 Å². The Hall–Kier alpha value is -11.5. The molecule has 0 saturated carbocycles. The lowest BCUT2D eigenvalue weighted by atomic mass is 9.88. The van der Waals surface area contributed by atoms with E-state index in [-0.39, 0.29) is 183 Å². The average molecular weight is 1630 g/mol. The first-order chi connectivity index (χ1) is 56.3. The SMILES string of the molecule is COc1cc2c(cc1OCCCCCOc1cc3c(cc1C)C(=O)N1C=C(C)C[C@H]1[C@H](O)N3C(=O)OCc1ccc(CC(=O)[C@H](C)NC(=O)[C@@H](CC(=O)CCCCCN3C(=O)C=CC3=O)C(C)C)cc1)N(C(=O)OCc1ccc(CC(=O)[C@H](C)NC(=O)[C@@H](CC(=O)CCCCCN3C(=O)C=CC3=O)C(C)C)cc1)[C@@H](O)[C@@H]1CC(C)=CN1C2=O. The second kappa shape index (κ2) is 40.6. The van der Waals surface area contributed by atoms with Crippen molar-refractivity contribution in [1.29, 1.82) is 0 Å². The third-order valence-electron chi connectivity index (χ3n) is 22.3. The molecular formula is C89H108N8O21. The summed E-state index contributed by atoms with van der Waals surface area (Å²) < 4.78 is 30.1. The molecule has 0 aliphatic carbocycles. The van der Waals surface area contributed by atoms with Crippen LogP contribution in [-0.4, -0.2) is 182 Å². The summed E-state index contributed by atoms with van der Waals surface area (Å²) in [6.07, 6.45) is 9.19. The maximum absolute atomic E-state index is 14.4. The van der Waals surface area contributed by atoms with Gasteiger partial charge in [-0.25, -0.2) is 19.4 Å². The first-order valence-corrected chi connectivity index (χ1v) is 40.6. The van der Waals surface area contributed by atoms with Gasteiger partial charge in [0, 0.05) is 112 Å². The number of aliphatic hydroxyl groups excluding tert-OH is 2. The molecular weight excluding hydrogens is 1520 g/mol. The molecule has 6 aliphatic rings. The van der Waals surface area contributed by atoms with Gasteiger partial charge in [-0.15, -0.1) is 0 Å². The number of aliphatic hydroxyl groups is 2. The molecule has 0 aromatic heterocycles.